The summed E-state index contributed by atoms with van der Waals surface area (Å²) in [5.74, 6) is -0.430. The van der Waals surface area contributed by atoms with Crippen molar-refractivity contribution in [1.29, 1.82) is 0 Å². The molecule has 3 heterocycles. The Balaban J connectivity index is 1.56. The van der Waals surface area contributed by atoms with Crippen LogP contribution in [0.25, 0.3) is 11.3 Å². The largest absolute Gasteiger partial charge is 0.463 e. The van der Waals surface area contributed by atoms with Crippen molar-refractivity contribution < 1.29 is 47.7 Å². The molecular formula is C41H57N9O10Si. The van der Waals surface area contributed by atoms with Crippen molar-refractivity contribution in [3.8, 4) is 22.7 Å². The third-order valence-corrected chi connectivity index (χ3v) is 16.8. The topological polar surface area (TPSA) is 237 Å². The molecular weight excluding hydrogens is 807 g/mol. The minimum Gasteiger partial charge on any atom is -0.463 e. The lowest BCUT2D eigenvalue weighted by molar-refractivity contribution is -0.239. The van der Waals surface area contributed by atoms with E-state index in [1.165, 1.54) is 29.4 Å². The number of rotatable bonds is 17. The third kappa shape index (κ3) is 12.5. The van der Waals surface area contributed by atoms with Crippen LogP contribution in [0.4, 0.5) is 0 Å². The highest BCUT2D eigenvalue weighted by Crippen LogP contribution is 2.40. The molecule has 0 unspecified atom stereocenters. The number of carbonyl (C=O) groups excluding carboxylic acids is 6. The average molecular weight is 864 g/mol. The van der Waals surface area contributed by atoms with E-state index in [4.69, 9.17) is 18.9 Å². The van der Waals surface area contributed by atoms with Crippen LogP contribution in [0, 0.1) is 11.5 Å². The Bertz CT molecular complexity index is 2060. The fourth-order valence-electron chi connectivity index (χ4n) is 7.85. The molecule has 0 spiro atoms. The molecule has 330 valence electrons. The first kappa shape index (κ1) is 47.7. The molecule has 1 aromatic carbocycles. The van der Waals surface area contributed by atoms with Gasteiger partial charge in [-0.1, -0.05) is 88.2 Å². The van der Waals surface area contributed by atoms with Crippen molar-refractivity contribution in [3.05, 3.63) is 48.4 Å². The number of nitrogens with one attached hydrogen (secondary N) is 3. The molecule has 1 aliphatic rings. The summed E-state index contributed by atoms with van der Waals surface area (Å²) >= 11 is 0. The second-order valence-corrected chi connectivity index (χ2v) is 21.4. The van der Waals surface area contributed by atoms with Crippen LogP contribution in [0.3, 0.4) is 0 Å². The van der Waals surface area contributed by atoms with Crippen LogP contribution < -0.4 is 16.0 Å². The van der Waals surface area contributed by atoms with Crippen molar-refractivity contribution in [3.63, 3.8) is 0 Å². The number of benzene rings is 1. The lowest BCUT2D eigenvalue weighted by Crippen LogP contribution is -2.64. The molecule has 3 N–H and O–H groups in total. The van der Waals surface area contributed by atoms with Crippen molar-refractivity contribution in [2.24, 2.45) is 0 Å². The van der Waals surface area contributed by atoms with Crippen LogP contribution in [0.5, 0.6) is 0 Å². The monoisotopic (exact) mass is 863 g/mol. The number of nitrogens with zero attached hydrogens (tertiary/aromatic N) is 6. The predicted molar refractivity (Wildman–Crippen MR) is 222 cm³/mol. The average Bonchev–Trinajstić information content (AvgIpc) is 3.87. The summed E-state index contributed by atoms with van der Waals surface area (Å²) in [5, 5.41) is 25.1. The quantitative estimate of drug-likeness (QED) is 0.0766. The molecule has 3 amide bonds. The van der Waals surface area contributed by atoms with Gasteiger partial charge in [0.25, 0.3) is 0 Å². The summed E-state index contributed by atoms with van der Waals surface area (Å²) in [6.07, 6.45) is -2.28. The molecule has 0 saturated carbocycles. The van der Waals surface area contributed by atoms with Crippen molar-refractivity contribution in [2.45, 2.75) is 135 Å². The van der Waals surface area contributed by atoms with Gasteiger partial charge in [-0.15, -0.1) is 15.7 Å². The van der Waals surface area contributed by atoms with Gasteiger partial charge in [0.2, 0.25) is 17.7 Å². The maximum absolute atomic E-state index is 13.8. The van der Waals surface area contributed by atoms with Gasteiger partial charge in [-0.3, -0.25) is 28.8 Å². The van der Waals surface area contributed by atoms with Gasteiger partial charge < -0.3 is 34.9 Å². The molecule has 19 nitrogen and oxygen atoms in total. The first-order valence-electron chi connectivity index (χ1n) is 20.2. The zero-order valence-corrected chi connectivity index (χ0v) is 37.3. The van der Waals surface area contributed by atoms with Crippen LogP contribution in [-0.2, 0) is 54.3 Å². The zero-order chi connectivity index (χ0) is 45.0. The first-order valence-corrected chi connectivity index (χ1v) is 22.4. The van der Waals surface area contributed by atoms with E-state index in [9.17, 15) is 28.8 Å². The molecule has 61 heavy (non-hydrogen) atoms. The normalized spacial score (nSPS) is 19.3. The van der Waals surface area contributed by atoms with Gasteiger partial charge in [-0.25, -0.2) is 9.36 Å². The molecule has 6 atom stereocenters. The Labute approximate surface area is 356 Å². The second kappa shape index (κ2) is 21.5. The van der Waals surface area contributed by atoms with E-state index >= 15 is 0 Å². The molecule has 0 bridgehead atoms. The Morgan fingerprint density at radius 2 is 1.46 bits per heavy atom. The summed E-state index contributed by atoms with van der Waals surface area (Å²) in [5.41, 5.74) is 6.38. The SMILES string of the molecule is CC(=O)N[C@@H]1[C@@H](OC(C)=O)[C@H](OC(C)=O)[C@@H](COC(C)=O)O[C@H]1n1cc(CNC(=O)C[C@@H](C(=O)NCC#C[Si](C(C)C)(C(C)C)C(C)C)n2cc(-c3ccccc3)nn2)nn1. The lowest BCUT2D eigenvalue weighted by atomic mass is 9.95. The zero-order valence-electron chi connectivity index (χ0n) is 36.3. The number of carbonyl (C=O) groups is 6. The number of hydrogen-bond acceptors (Lipinski definition) is 14. The highest BCUT2D eigenvalue weighted by atomic mass is 28.3. The number of hydrogen-bond donors (Lipinski definition) is 3. The molecule has 3 aromatic rings. The van der Waals surface area contributed by atoms with Crippen molar-refractivity contribution in [1.82, 2.24) is 45.9 Å². The van der Waals surface area contributed by atoms with Crippen LogP contribution in [0.1, 0.15) is 93.6 Å². The van der Waals surface area contributed by atoms with Crippen molar-refractivity contribution in [2.75, 3.05) is 13.2 Å². The molecule has 1 saturated heterocycles. The molecule has 1 aliphatic heterocycles. The fraction of sp³-hybridized carbons (Fsp3) is 0.561. The minimum atomic E-state index is -2.04. The van der Waals surface area contributed by atoms with Crippen LogP contribution >= 0.6 is 0 Å². The molecule has 0 aliphatic carbocycles. The van der Waals surface area contributed by atoms with E-state index in [1.54, 1.807) is 6.20 Å². The van der Waals surface area contributed by atoms with E-state index in [0.29, 0.717) is 22.3 Å². The highest BCUT2D eigenvalue weighted by molar-refractivity contribution is 6.90. The van der Waals surface area contributed by atoms with E-state index in [0.717, 1.165) is 19.4 Å². The lowest BCUT2D eigenvalue weighted by Gasteiger charge is -2.45. The Morgan fingerprint density at radius 1 is 0.820 bits per heavy atom. The van der Waals surface area contributed by atoms with Crippen LogP contribution in [0.2, 0.25) is 16.6 Å². The van der Waals surface area contributed by atoms with Crippen molar-refractivity contribution >= 4 is 43.7 Å². The van der Waals surface area contributed by atoms with E-state index in [-0.39, 0.29) is 25.2 Å². The number of aromatic nitrogens is 6. The number of amides is 3. The van der Waals surface area contributed by atoms with Gasteiger partial charge in [-0.2, -0.15) is 0 Å². The molecule has 20 heteroatoms. The van der Waals surface area contributed by atoms with Gasteiger partial charge in [0.05, 0.1) is 31.9 Å². The number of esters is 3. The van der Waals surface area contributed by atoms with Gasteiger partial charge in [-0.05, 0) is 16.6 Å². The van der Waals surface area contributed by atoms with Gasteiger partial charge in [0, 0.05) is 33.3 Å². The number of ether oxygens (including phenoxy) is 4. The maximum atomic E-state index is 13.8. The van der Waals surface area contributed by atoms with Crippen LogP contribution in [-0.4, -0.2) is 111 Å². The molecule has 2 aromatic heterocycles. The molecule has 1 fully saturated rings. The summed E-state index contributed by atoms with van der Waals surface area (Å²) in [7, 11) is -2.04. The summed E-state index contributed by atoms with van der Waals surface area (Å²) in [4.78, 5) is 75.9. The smallest absolute Gasteiger partial charge is 0.303 e. The fourth-order valence-corrected chi connectivity index (χ4v) is 13.1. The standard InChI is InChI=1S/C41H57N9O10Si/c1-24(2)61(25(3)4,26(5)6)18-14-17-42-40(56)34(49-22-33(46-48-49)31-15-12-11-13-16-31)19-36(55)43-20-32-21-50(47-45-32)41-37(44-27(7)51)39(59-30(10)54)38(58-29(9)53)35(60-41)23-57-28(8)52/h11-13,15-16,21-22,24-26,34-35,37-39,41H,17,19-20,23H2,1-10H3,(H,42,56)(H,43,55)(H,44,51)/t34-,35+,37+,38+,39+,41+/m0/s1. The van der Waals surface area contributed by atoms with E-state index < -0.39 is 86.9 Å². The minimum absolute atomic E-state index is 0.0889. The predicted octanol–water partition coefficient (Wildman–Crippen LogP) is 2.95. The summed E-state index contributed by atoms with van der Waals surface area (Å²) in [6.45, 7) is 17.5. The molecule has 4 rings (SSSR count). The van der Waals surface area contributed by atoms with E-state index in [2.05, 4.69) is 89.6 Å². The van der Waals surface area contributed by atoms with Gasteiger partial charge in [0.1, 0.15) is 44.3 Å². The molecule has 0 radical (unpaired) electrons. The Kier molecular flexibility index (Phi) is 16.9. The third-order valence-electron chi connectivity index (χ3n) is 10.5. The Hall–Kier alpha value is -5.94. The summed E-state index contributed by atoms with van der Waals surface area (Å²) in [6, 6.07) is 7.05. The van der Waals surface area contributed by atoms with Gasteiger partial charge in [0.15, 0.2) is 18.4 Å². The maximum Gasteiger partial charge on any atom is 0.303 e. The van der Waals surface area contributed by atoms with E-state index in [1.807, 2.05) is 30.3 Å². The highest BCUT2D eigenvalue weighted by Gasteiger charge is 2.52. The van der Waals surface area contributed by atoms with Crippen LogP contribution in [0.15, 0.2) is 42.7 Å². The summed E-state index contributed by atoms with van der Waals surface area (Å²) < 4.78 is 25.0. The van der Waals surface area contributed by atoms with Gasteiger partial charge >= 0.3 is 17.9 Å². The second-order valence-electron chi connectivity index (χ2n) is 15.8. The Morgan fingerprint density at radius 3 is 2.05 bits per heavy atom. The first-order chi connectivity index (χ1) is 28.8.